The van der Waals surface area contributed by atoms with Crippen molar-refractivity contribution in [2.75, 3.05) is 40.0 Å². The van der Waals surface area contributed by atoms with Crippen LogP contribution in [-0.4, -0.2) is 61.5 Å². The maximum atomic E-state index is 12.2. The predicted octanol–water partition coefficient (Wildman–Crippen LogP) is 0.803. The molecule has 0 radical (unpaired) electrons. The number of amides is 1. The van der Waals surface area contributed by atoms with Crippen molar-refractivity contribution in [2.24, 2.45) is 5.92 Å². The molecule has 0 unspecified atom stereocenters. The highest BCUT2D eigenvalue weighted by Gasteiger charge is 2.33. The van der Waals surface area contributed by atoms with Gasteiger partial charge in [-0.3, -0.25) is 4.79 Å². The van der Waals surface area contributed by atoms with Crippen molar-refractivity contribution < 1.29 is 19.4 Å². The zero-order chi connectivity index (χ0) is 13.7. The van der Waals surface area contributed by atoms with E-state index in [1.165, 1.54) is 0 Å². The fourth-order valence-corrected chi connectivity index (χ4v) is 2.76. The fourth-order valence-electron chi connectivity index (χ4n) is 2.76. The molecule has 1 N–H and O–H groups in total. The van der Waals surface area contributed by atoms with Gasteiger partial charge in [-0.05, 0) is 18.8 Å². The second-order valence-corrected chi connectivity index (χ2v) is 5.84. The summed E-state index contributed by atoms with van der Waals surface area (Å²) in [5.41, 5.74) is -0.862. The van der Waals surface area contributed by atoms with Crippen molar-refractivity contribution in [1.82, 2.24) is 4.90 Å². The van der Waals surface area contributed by atoms with Crippen molar-refractivity contribution in [2.45, 2.75) is 37.7 Å². The summed E-state index contributed by atoms with van der Waals surface area (Å²) in [4.78, 5) is 14.0. The van der Waals surface area contributed by atoms with Gasteiger partial charge < -0.3 is 19.5 Å². The minimum atomic E-state index is -0.862. The van der Waals surface area contributed by atoms with Crippen molar-refractivity contribution in [3.05, 3.63) is 0 Å². The van der Waals surface area contributed by atoms with E-state index in [1.807, 2.05) is 7.05 Å². The van der Waals surface area contributed by atoms with Crippen molar-refractivity contribution >= 4 is 5.91 Å². The highest BCUT2D eigenvalue weighted by atomic mass is 16.5. The van der Waals surface area contributed by atoms with E-state index in [-0.39, 0.29) is 12.3 Å². The predicted molar refractivity (Wildman–Crippen MR) is 70.8 cm³/mol. The van der Waals surface area contributed by atoms with Crippen LogP contribution in [0, 0.1) is 5.92 Å². The van der Waals surface area contributed by atoms with E-state index in [4.69, 9.17) is 9.47 Å². The zero-order valence-electron chi connectivity index (χ0n) is 11.8. The molecule has 0 atom stereocenters. The average molecular weight is 271 g/mol. The summed E-state index contributed by atoms with van der Waals surface area (Å²) < 4.78 is 10.6. The quantitative estimate of drug-likeness (QED) is 0.822. The van der Waals surface area contributed by atoms with E-state index < -0.39 is 5.60 Å². The summed E-state index contributed by atoms with van der Waals surface area (Å²) >= 11 is 0. The summed E-state index contributed by atoms with van der Waals surface area (Å²) in [6.07, 6.45) is 3.38. The molecule has 2 saturated heterocycles. The number of hydrogen-bond acceptors (Lipinski definition) is 4. The van der Waals surface area contributed by atoms with Crippen LogP contribution in [-0.2, 0) is 14.3 Å². The normalized spacial score (nSPS) is 24.1. The lowest BCUT2D eigenvalue weighted by atomic mass is 9.90. The first-order valence-electron chi connectivity index (χ1n) is 7.21. The largest absolute Gasteiger partial charge is 0.389 e. The SMILES string of the molecule is CN(CC1CCOCC1)C(=O)CC1(O)CCOCC1. The maximum absolute atomic E-state index is 12.2. The first-order chi connectivity index (χ1) is 9.09. The minimum absolute atomic E-state index is 0.0379. The standard InChI is InChI=1S/C14H25NO4/c1-15(11-12-2-6-18-7-3-12)13(16)10-14(17)4-8-19-9-5-14/h12,17H,2-11H2,1H3. The zero-order valence-corrected chi connectivity index (χ0v) is 11.8. The van der Waals surface area contributed by atoms with Crippen LogP contribution in [0.1, 0.15) is 32.1 Å². The second kappa shape index (κ2) is 6.68. The van der Waals surface area contributed by atoms with Gasteiger partial charge in [-0.1, -0.05) is 0 Å². The lowest BCUT2D eigenvalue weighted by Gasteiger charge is -2.34. The molecule has 0 saturated carbocycles. The first kappa shape index (κ1) is 14.8. The van der Waals surface area contributed by atoms with Gasteiger partial charge in [0.2, 0.25) is 5.91 Å². The van der Waals surface area contributed by atoms with Crippen LogP contribution < -0.4 is 0 Å². The number of carbonyl (C=O) groups is 1. The number of hydrogen-bond donors (Lipinski definition) is 1. The van der Waals surface area contributed by atoms with Gasteiger partial charge in [0.15, 0.2) is 0 Å². The highest BCUT2D eigenvalue weighted by molar-refractivity contribution is 5.77. The molecule has 0 aliphatic carbocycles. The summed E-state index contributed by atoms with van der Waals surface area (Å²) in [5.74, 6) is 0.572. The van der Waals surface area contributed by atoms with Gasteiger partial charge in [0, 0.05) is 52.9 Å². The van der Waals surface area contributed by atoms with E-state index in [9.17, 15) is 9.90 Å². The van der Waals surface area contributed by atoms with E-state index in [1.54, 1.807) is 4.90 Å². The molecule has 2 rings (SSSR count). The van der Waals surface area contributed by atoms with E-state index >= 15 is 0 Å². The van der Waals surface area contributed by atoms with E-state index in [0.29, 0.717) is 32.0 Å². The van der Waals surface area contributed by atoms with Crippen LogP contribution in [0.15, 0.2) is 0 Å². The molecule has 110 valence electrons. The summed E-state index contributed by atoms with van der Waals surface area (Å²) in [7, 11) is 1.83. The molecule has 0 bridgehead atoms. The third-order valence-corrected chi connectivity index (χ3v) is 4.20. The summed E-state index contributed by atoms with van der Waals surface area (Å²) in [6.45, 7) is 3.47. The highest BCUT2D eigenvalue weighted by Crippen LogP contribution is 2.25. The number of ether oxygens (including phenoxy) is 2. The number of rotatable bonds is 4. The van der Waals surface area contributed by atoms with Crippen LogP contribution in [0.4, 0.5) is 0 Å². The Morgan fingerprint density at radius 3 is 2.42 bits per heavy atom. The van der Waals surface area contributed by atoms with E-state index in [0.717, 1.165) is 32.6 Å². The molecule has 2 heterocycles. The Bertz CT molecular complexity index is 296. The van der Waals surface area contributed by atoms with Gasteiger partial charge in [0.05, 0.1) is 12.0 Å². The monoisotopic (exact) mass is 271 g/mol. The van der Waals surface area contributed by atoms with Crippen LogP contribution in [0.25, 0.3) is 0 Å². The molecule has 5 nitrogen and oxygen atoms in total. The number of nitrogens with zero attached hydrogens (tertiary/aromatic N) is 1. The van der Waals surface area contributed by atoms with Gasteiger partial charge in [0.25, 0.3) is 0 Å². The maximum Gasteiger partial charge on any atom is 0.225 e. The Balaban J connectivity index is 1.77. The Kier molecular flexibility index (Phi) is 5.19. The molecule has 2 fully saturated rings. The molecule has 19 heavy (non-hydrogen) atoms. The van der Waals surface area contributed by atoms with Gasteiger partial charge >= 0.3 is 0 Å². The van der Waals surface area contributed by atoms with E-state index in [2.05, 4.69) is 0 Å². The molecule has 2 aliphatic rings. The van der Waals surface area contributed by atoms with Gasteiger partial charge in [-0.15, -0.1) is 0 Å². The van der Waals surface area contributed by atoms with Gasteiger partial charge in [-0.25, -0.2) is 0 Å². The Morgan fingerprint density at radius 1 is 1.21 bits per heavy atom. The molecular formula is C14H25NO4. The average Bonchev–Trinajstić information content (AvgIpc) is 2.40. The summed E-state index contributed by atoms with van der Waals surface area (Å²) in [6, 6.07) is 0. The molecule has 1 amide bonds. The molecule has 0 spiro atoms. The minimum Gasteiger partial charge on any atom is -0.389 e. The molecule has 2 aliphatic heterocycles. The topological polar surface area (TPSA) is 59.0 Å². The second-order valence-electron chi connectivity index (χ2n) is 5.84. The molecular weight excluding hydrogens is 246 g/mol. The third kappa shape index (κ3) is 4.44. The number of aliphatic hydroxyl groups is 1. The summed E-state index contributed by atoms with van der Waals surface area (Å²) in [5, 5.41) is 10.3. The molecule has 0 aromatic carbocycles. The first-order valence-corrected chi connectivity index (χ1v) is 7.21. The van der Waals surface area contributed by atoms with Crippen LogP contribution in [0.2, 0.25) is 0 Å². The van der Waals surface area contributed by atoms with Crippen molar-refractivity contribution in [3.63, 3.8) is 0 Å². The molecule has 0 aromatic heterocycles. The van der Waals surface area contributed by atoms with Crippen LogP contribution >= 0.6 is 0 Å². The van der Waals surface area contributed by atoms with Crippen molar-refractivity contribution in [3.8, 4) is 0 Å². The Morgan fingerprint density at radius 2 is 1.79 bits per heavy atom. The lowest BCUT2D eigenvalue weighted by molar-refractivity contribution is -0.140. The van der Waals surface area contributed by atoms with Crippen LogP contribution in [0.5, 0.6) is 0 Å². The Labute approximate surface area is 114 Å². The smallest absolute Gasteiger partial charge is 0.225 e. The Hall–Kier alpha value is -0.650. The van der Waals surface area contributed by atoms with Crippen LogP contribution in [0.3, 0.4) is 0 Å². The lowest BCUT2D eigenvalue weighted by Crippen LogP contribution is -2.43. The molecule has 0 aromatic rings. The fraction of sp³-hybridized carbons (Fsp3) is 0.929. The van der Waals surface area contributed by atoms with Gasteiger partial charge in [0.1, 0.15) is 0 Å². The number of carbonyl (C=O) groups excluding carboxylic acids is 1. The molecule has 5 heteroatoms. The van der Waals surface area contributed by atoms with Crippen molar-refractivity contribution in [1.29, 1.82) is 0 Å². The van der Waals surface area contributed by atoms with Gasteiger partial charge in [-0.2, -0.15) is 0 Å². The third-order valence-electron chi connectivity index (χ3n) is 4.20.